The lowest BCUT2D eigenvalue weighted by Crippen LogP contribution is -2.34. The summed E-state index contributed by atoms with van der Waals surface area (Å²) < 4.78 is 31.9. The minimum atomic E-state index is -0.601. The van der Waals surface area contributed by atoms with Crippen molar-refractivity contribution in [3.05, 3.63) is 11.6 Å². The zero-order valence-electron chi connectivity index (χ0n) is 13.4. The van der Waals surface area contributed by atoms with E-state index in [0.29, 0.717) is 31.3 Å². The number of nitrogens with two attached hydrogens (primary N) is 1. The summed E-state index contributed by atoms with van der Waals surface area (Å²) in [6, 6.07) is 1.51. The number of anilines is 1. The van der Waals surface area contributed by atoms with Crippen LogP contribution in [0.2, 0.25) is 0 Å². The molecule has 0 amide bonds. The molecule has 1 aromatic rings. The second-order valence-electron chi connectivity index (χ2n) is 4.84. The van der Waals surface area contributed by atoms with Gasteiger partial charge < -0.3 is 34.2 Å². The SMILES string of the molecule is COCCOc1cc(N)c(C(=O)OC)c2c1OC(COC)CO2. The lowest BCUT2D eigenvalue weighted by molar-refractivity contribution is 0.0225. The molecule has 23 heavy (non-hydrogen) atoms. The zero-order valence-corrected chi connectivity index (χ0v) is 13.4. The third kappa shape index (κ3) is 3.77. The van der Waals surface area contributed by atoms with E-state index < -0.39 is 5.97 Å². The van der Waals surface area contributed by atoms with Crippen LogP contribution in [0.4, 0.5) is 5.69 Å². The van der Waals surface area contributed by atoms with Crippen LogP contribution in [0.15, 0.2) is 6.07 Å². The van der Waals surface area contributed by atoms with Crippen molar-refractivity contribution < 1.29 is 33.2 Å². The molecular formula is C15H21NO7. The molecule has 2 rings (SSSR count). The smallest absolute Gasteiger partial charge is 0.343 e. The van der Waals surface area contributed by atoms with Gasteiger partial charge in [-0.3, -0.25) is 0 Å². The topological polar surface area (TPSA) is 98.5 Å². The first-order valence-corrected chi connectivity index (χ1v) is 7.07. The quantitative estimate of drug-likeness (QED) is 0.447. The van der Waals surface area contributed by atoms with Crippen molar-refractivity contribution in [1.29, 1.82) is 0 Å². The van der Waals surface area contributed by atoms with Gasteiger partial charge in [-0.15, -0.1) is 0 Å². The summed E-state index contributed by atoms with van der Waals surface area (Å²) in [6.07, 6.45) is -0.314. The first-order chi connectivity index (χ1) is 11.1. The number of ether oxygens (including phenoxy) is 6. The van der Waals surface area contributed by atoms with Gasteiger partial charge in [-0.25, -0.2) is 4.79 Å². The van der Waals surface area contributed by atoms with Gasteiger partial charge >= 0.3 is 5.97 Å². The van der Waals surface area contributed by atoms with E-state index in [0.717, 1.165) is 0 Å². The summed E-state index contributed by atoms with van der Waals surface area (Å²) in [5, 5.41) is 0. The van der Waals surface area contributed by atoms with Crippen LogP contribution >= 0.6 is 0 Å². The minimum Gasteiger partial charge on any atom is -0.487 e. The van der Waals surface area contributed by atoms with Crippen molar-refractivity contribution in [3.8, 4) is 17.2 Å². The van der Waals surface area contributed by atoms with Gasteiger partial charge in [0.2, 0.25) is 5.75 Å². The Morgan fingerprint density at radius 3 is 2.70 bits per heavy atom. The van der Waals surface area contributed by atoms with Crippen LogP contribution in [0, 0.1) is 0 Å². The Morgan fingerprint density at radius 2 is 2.04 bits per heavy atom. The molecule has 0 spiro atoms. The molecule has 8 heteroatoms. The van der Waals surface area contributed by atoms with Gasteiger partial charge in [0.1, 0.15) is 18.8 Å². The fraction of sp³-hybridized carbons (Fsp3) is 0.533. The second kappa shape index (κ2) is 7.89. The first kappa shape index (κ1) is 17.2. The predicted molar refractivity (Wildman–Crippen MR) is 81.4 cm³/mol. The predicted octanol–water partition coefficient (Wildman–Crippen LogP) is 0.867. The van der Waals surface area contributed by atoms with Crippen LogP contribution in [0.25, 0.3) is 0 Å². The summed E-state index contributed by atoms with van der Waals surface area (Å²) in [4.78, 5) is 12.0. The Morgan fingerprint density at radius 1 is 1.26 bits per heavy atom. The van der Waals surface area contributed by atoms with Gasteiger partial charge in [0.25, 0.3) is 0 Å². The molecule has 1 aliphatic heterocycles. The summed E-state index contributed by atoms with van der Waals surface area (Å²) in [5.41, 5.74) is 6.26. The van der Waals surface area contributed by atoms with E-state index in [1.165, 1.54) is 13.2 Å². The Bertz CT molecular complexity index is 561. The highest BCUT2D eigenvalue weighted by Gasteiger charge is 2.32. The maximum atomic E-state index is 12.0. The molecule has 0 fully saturated rings. The third-order valence-corrected chi connectivity index (χ3v) is 3.22. The number of benzene rings is 1. The highest BCUT2D eigenvalue weighted by Crippen LogP contribution is 2.46. The maximum absolute atomic E-state index is 12.0. The standard InChI is InChI=1S/C15H21NO7/c1-18-4-5-21-11-6-10(16)12(15(17)20-3)14-13(11)23-9(7-19-2)8-22-14/h6,9H,4-5,7-8,16H2,1-3H3. The number of carbonyl (C=O) groups excluding carboxylic acids is 1. The summed E-state index contributed by atoms with van der Waals surface area (Å²) >= 11 is 0. The lowest BCUT2D eigenvalue weighted by atomic mass is 10.1. The van der Waals surface area contributed by atoms with Gasteiger partial charge in [-0.2, -0.15) is 0 Å². The van der Waals surface area contributed by atoms with E-state index in [1.54, 1.807) is 14.2 Å². The minimum absolute atomic E-state index is 0.123. The fourth-order valence-electron chi connectivity index (χ4n) is 2.18. The molecule has 1 aliphatic rings. The molecule has 0 aliphatic carbocycles. The molecule has 0 saturated carbocycles. The van der Waals surface area contributed by atoms with Gasteiger partial charge in [0, 0.05) is 20.3 Å². The molecule has 1 heterocycles. The van der Waals surface area contributed by atoms with Crippen molar-refractivity contribution >= 4 is 11.7 Å². The zero-order chi connectivity index (χ0) is 16.8. The molecular weight excluding hydrogens is 306 g/mol. The lowest BCUT2D eigenvalue weighted by Gasteiger charge is -2.29. The van der Waals surface area contributed by atoms with Crippen LogP contribution < -0.4 is 19.9 Å². The number of rotatable bonds is 7. The van der Waals surface area contributed by atoms with E-state index in [4.69, 9.17) is 34.2 Å². The Balaban J connectivity index is 2.40. The van der Waals surface area contributed by atoms with Crippen molar-refractivity contribution in [2.45, 2.75) is 6.10 Å². The number of fused-ring (bicyclic) bond motifs is 1. The fourth-order valence-corrected chi connectivity index (χ4v) is 2.18. The Kier molecular flexibility index (Phi) is 5.89. The normalized spacial score (nSPS) is 16.0. The third-order valence-electron chi connectivity index (χ3n) is 3.22. The van der Waals surface area contributed by atoms with E-state index in [1.807, 2.05) is 0 Å². The van der Waals surface area contributed by atoms with E-state index in [9.17, 15) is 4.79 Å². The van der Waals surface area contributed by atoms with Crippen LogP contribution in [-0.2, 0) is 14.2 Å². The molecule has 0 bridgehead atoms. The molecule has 1 unspecified atom stereocenters. The number of nitrogen functional groups attached to an aromatic ring is 1. The molecule has 0 aromatic heterocycles. The number of esters is 1. The second-order valence-corrected chi connectivity index (χ2v) is 4.84. The Labute approximate surface area is 134 Å². The van der Waals surface area contributed by atoms with Gasteiger partial charge in [-0.1, -0.05) is 0 Å². The van der Waals surface area contributed by atoms with E-state index >= 15 is 0 Å². The van der Waals surface area contributed by atoms with Crippen molar-refractivity contribution in [2.24, 2.45) is 0 Å². The van der Waals surface area contributed by atoms with Gasteiger partial charge in [0.05, 0.1) is 26.0 Å². The average Bonchev–Trinajstić information content (AvgIpc) is 2.55. The van der Waals surface area contributed by atoms with Crippen LogP contribution in [0.3, 0.4) is 0 Å². The van der Waals surface area contributed by atoms with Crippen molar-refractivity contribution in [1.82, 2.24) is 0 Å². The summed E-state index contributed by atoms with van der Waals surface area (Å²) in [7, 11) is 4.41. The number of hydrogen-bond acceptors (Lipinski definition) is 8. The molecule has 0 radical (unpaired) electrons. The van der Waals surface area contributed by atoms with E-state index in [2.05, 4.69) is 0 Å². The van der Waals surface area contributed by atoms with Crippen LogP contribution in [-0.4, -0.2) is 59.8 Å². The van der Waals surface area contributed by atoms with Gasteiger partial charge in [0.15, 0.2) is 17.6 Å². The highest BCUT2D eigenvalue weighted by atomic mass is 16.6. The largest absolute Gasteiger partial charge is 0.487 e. The molecule has 1 atom stereocenters. The van der Waals surface area contributed by atoms with Crippen molar-refractivity contribution in [2.75, 3.05) is 53.5 Å². The highest BCUT2D eigenvalue weighted by molar-refractivity contribution is 6.00. The van der Waals surface area contributed by atoms with Crippen LogP contribution in [0.5, 0.6) is 17.2 Å². The number of hydrogen-bond donors (Lipinski definition) is 1. The molecule has 2 N–H and O–H groups in total. The number of methoxy groups -OCH3 is 3. The molecule has 1 aromatic carbocycles. The molecule has 8 nitrogen and oxygen atoms in total. The first-order valence-electron chi connectivity index (χ1n) is 7.07. The monoisotopic (exact) mass is 327 g/mol. The molecule has 0 saturated heterocycles. The average molecular weight is 327 g/mol. The Hall–Kier alpha value is -2.19. The summed E-state index contributed by atoms with van der Waals surface area (Å²) in [6.45, 7) is 1.27. The van der Waals surface area contributed by atoms with Crippen LogP contribution in [0.1, 0.15) is 10.4 Å². The maximum Gasteiger partial charge on any atom is 0.343 e. The molecule has 128 valence electrons. The van der Waals surface area contributed by atoms with Gasteiger partial charge in [-0.05, 0) is 0 Å². The summed E-state index contributed by atoms with van der Waals surface area (Å²) in [5.74, 6) is 0.305. The van der Waals surface area contributed by atoms with Crippen molar-refractivity contribution in [3.63, 3.8) is 0 Å². The number of carbonyl (C=O) groups is 1. The van der Waals surface area contributed by atoms with E-state index in [-0.39, 0.29) is 29.7 Å².